The smallest absolute Gasteiger partial charge is 0.0486 e. The summed E-state index contributed by atoms with van der Waals surface area (Å²) >= 11 is 0. The number of aryl methyl sites for hydroxylation is 1. The molecule has 0 amide bonds. The average molecular weight is 270 g/mol. The summed E-state index contributed by atoms with van der Waals surface area (Å²) in [5.74, 6) is 0. The Labute approximate surface area is 122 Å². The third kappa shape index (κ3) is 5.72. The molecule has 1 aromatic carbocycles. The van der Waals surface area contributed by atoms with Crippen LogP contribution in [0.4, 0.5) is 0 Å². The van der Waals surface area contributed by atoms with E-state index in [0.717, 1.165) is 6.42 Å². The molecule has 0 fully saturated rings. The molecule has 0 spiro atoms. The molecule has 0 bridgehead atoms. The van der Waals surface area contributed by atoms with Gasteiger partial charge in [-0.25, -0.2) is 0 Å². The van der Waals surface area contributed by atoms with Crippen molar-refractivity contribution in [2.75, 3.05) is 6.54 Å². The standard InChI is InChI=1S/C11H14N2.C4H6.C3H6/c1-8-3-2-4-10-9(5-6-12)7-13-11(8)10;1-3-4-2;1-3-2/h2-4,7,13H,5-6,12H2,1H3;3-4H,1-2H2;3H,1H2,2H3. The molecule has 2 nitrogen and oxygen atoms in total. The van der Waals surface area contributed by atoms with E-state index in [1.807, 2.05) is 6.92 Å². The van der Waals surface area contributed by atoms with Gasteiger partial charge in [-0.2, -0.15) is 0 Å². The van der Waals surface area contributed by atoms with Gasteiger partial charge in [0.2, 0.25) is 0 Å². The second kappa shape index (κ2) is 10.8. The zero-order valence-electron chi connectivity index (χ0n) is 12.7. The van der Waals surface area contributed by atoms with Gasteiger partial charge in [0, 0.05) is 17.1 Å². The summed E-state index contributed by atoms with van der Waals surface area (Å²) < 4.78 is 0. The van der Waals surface area contributed by atoms with Crippen LogP contribution in [0.5, 0.6) is 0 Å². The number of nitrogens with one attached hydrogen (secondary N) is 1. The van der Waals surface area contributed by atoms with Gasteiger partial charge in [0.1, 0.15) is 0 Å². The lowest BCUT2D eigenvalue weighted by atomic mass is 10.1. The van der Waals surface area contributed by atoms with E-state index < -0.39 is 0 Å². The van der Waals surface area contributed by atoms with Crippen molar-refractivity contribution in [3.63, 3.8) is 0 Å². The second-order valence-corrected chi connectivity index (χ2v) is 4.23. The van der Waals surface area contributed by atoms with Crippen molar-refractivity contribution in [2.45, 2.75) is 20.3 Å². The number of nitrogens with two attached hydrogens (primary N) is 1. The minimum Gasteiger partial charge on any atom is -0.361 e. The SMILES string of the molecule is C=CC.C=CC=C.Cc1cccc2c(CCN)c[nH]c12. The van der Waals surface area contributed by atoms with E-state index in [1.165, 1.54) is 22.0 Å². The minimum atomic E-state index is 0.709. The number of aromatic nitrogens is 1. The van der Waals surface area contributed by atoms with Gasteiger partial charge in [-0.1, -0.05) is 49.6 Å². The van der Waals surface area contributed by atoms with Gasteiger partial charge >= 0.3 is 0 Å². The Morgan fingerprint density at radius 2 is 1.80 bits per heavy atom. The van der Waals surface area contributed by atoms with E-state index in [9.17, 15) is 0 Å². The monoisotopic (exact) mass is 270 g/mol. The molecule has 0 radical (unpaired) electrons. The molecule has 0 saturated heterocycles. The van der Waals surface area contributed by atoms with Crippen molar-refractivity contribution in [2.24, 2.45) is 5.73 Å². The molecular weight excluding hydrogens is 244 g/mol. The van der Waals surface area contributed by atoms with Gasteiger partial charge in [-0.3, -0.25) is 0 Å². The molecule has 1 heterocycles. The number of benzene rings is 1. The summed E-state index contributed by atoms with van der Waals surface area (Å²) in [6, 6.07) is 6.35. The van der Waals surface area contributed by atoms with Crippen molar-refractivity contribution >= 4 is 10.9 Å². The molecule has 0 atom stereocenters. The first-order valence-electron chi connectivity index (χ1n) is 6.72. The van der Waals surface area contributed by atoms with E-state index in [0.29, 0.717) is 6.54 Å². The van der Waals surface area contributed by atoms with E-state index >= 15 is 0 Å². The van der Waals surface area contributed by atoms with E-state index in [2.05, 4.69) is 56.0 Å². The fourth-order valence-electron chi connectivity index (χ4n) is 1.73. The zero-order chi connectivity index (χ0) is 15.4. The minimum absolute atomic E-state index is 0.709. The number of rotatable bonds is 3. The first kappa shape index (κ1) is 17.9. The number of para-hydroxylation sites is 1. The van der Waals surface area contributed by atoms with Crippen molar-refractivity contribution in [1.82, 2.24) is 4.98 Å². The first-order valence-corrected chi connectivity index (χ1v) is 6.72. The molecule has 2 rings (SSSR count). The van der Waals surface area contributed by atoms with Gasteiger partial charge in [0.15, 0.2) is 0 Å². The predicted molar refractivity (Wildman–Crippen MR) is 92.1 cm³/mol. The first-order chi connectivity index (χ1) is 9.65. The van der Waals surface area contributed by atoms with Gasteiger partial charge in [-0.15, -0.1) is 6.58 Å². The summed E-state index contributed by atoms with van der Waals surface area (Å²) in [7, 11) is 0. The maximum Gasteiger partial charge on any atom is 0.0486 e. The van der Waals surface area contributed by atoms with Crippen LogP contribution >= 0.6 is 0 Å². The molecule has 2 heteroatoms. The quantitative estimate of drug-likeness (QED) is 0.624. The zero-order valence-corrected chi connectivity index (χ0v) is 12.7. The van der Waals surface area contributed by atoms with Crippen LogP contribution in [0.2, 0.25) is 0 Å². The van der Waals surface area contributed by atoms with Gasteiger partial charge in [-0.05, 0) is 37.9 Å². The van der Waals surface area contributed by atoms with Gasteiger partial charge in [0.25, 0.3) is 0 Å². The predicted octanol–water partition coefficient (Wildman–Crippen LogP) is 4.53. The number of fused-ring (bicyclic) bond motifs is 1. The van der Waals surface area contributed by atoms with E-state index in [4.69, 9.17) is 5.73 Å². The van der Waals surface area contributed by atoms with Crippen LogP contribution in [0.3, 0.4) is 0 Å². The Morgan fingerprint density at radius 3 is 2.30 bits per heavy atom. The summed E-state index contributed by atoms with van der Waals surface area (Å²) in [4.78, 5) is 3.29. The summed E-state index contributed by atoms with van der Waals surface area (Å²) in [6.07, 6.45) is 8.04. The van der Waals surface area contributed by atoms with Crippen LogP contribution < -0.4 is 5.73 Å². The number of aromatic amines is 1. The van der Waals surface area contributed by atoms with E-state index in [1.54, 1.807) is 18.2 Å². The van der Waals surface area contributed by atoms with E-state index in [-0.39, 0.29) is 0 Å². The Morgan fingerprint density at radius 1 is 1.20 bits per heavy atom. The van der Waals surface area contributed by atoms with Crippen LogP contribution in [0.15, 0.2) is 62.4 Å². The maximum atomic E-state index is 5.53. The molecule has 0 aliphatic carbocycles. The molecule has 108 valence electrons. The van der Waals surface area contributed by atoms with Crippen molar-refractivity contribution in [3.05, 3.63) is 73.5 Å². The lowest BCUT2D eigenvalue weighted by Gasteiger charge is -1.97. The lowest BCUT2D eigenvalue weighted by molar-refractivity contribution is 0.976. The number of H-pyrrole nitrogens is 1. The normalized spacial score (nSPS) is 8.75. The Kier molecular flexibility index (Phi) is 9.71. The van der Waals surface area contributed by atoms with Crippen LogP contribution in [0, 0.1) is 6.92 Å². The van der Waals surface area contributed by atoms with Crippen molar-refractivity contribution in [3.8, 4) is 0 Å². The molecule has 0 unspecified atom stereocenters. The highest BCUT2D eigenvalue weighted by atomic mass is 14.7. The Hall–Kier alpha value is -2.06. The molecule has 2 aromatic rings. The average Bonchev–Trinajstić information content (AvgIpc) is 2.85. The van der Waals surface area contributed by atoms with Gasteiger partial charge < -0.3 is 10.7 Å². The van der Waals surface area contributed by atoms with Crippen LogP contribution in [-0.4, -0.2) is 11.5 Å². The Balaban J connectivity index is 0.000000438. The second-order valence-electron chi connectivity index (χ2n) is 4.23. The van der Waals surface area contributed by atoms with Crippen molar-refractivity contribution in [1.29, 1.82) is 0 Å². The highest BCUT2D eigenvalue weighted by Gasteiger charge is 2.03. The fourth-order valence-corrected chi connectivity index (χ4v) is 1.73. The number of hydrogen-bond acceptors (Lipinski definition) is 1. The molecule has 1 aromatic heterocycles. The van der Waals surface area contributed by atoms with Crippen LogP contribution in [0.1, 0.15) is 18.1 Å². The summed E-state index contributed by atoms with van der Waals surface area (Å²) in [5, 5.41) is 1.31. The maximum absolute atomic E-state index is 5.53. The fraction of sp³-hybridized carbons (Fsp3) is 0.222. The molecule has 20 heavy (non-hydrogen) atoms. The highest BCUT2D eigenvalue weighted by molar-refractivity contribution is 5.85. The summed E-state index contributed by atoms with van der Waals surface area (Å²) in [6.45, 7) is 14.8. The topological polar surface area (TPSA) is 41.8 Å². The lowest BCUT2D eigenvalue weighted by Crippen LogP contribution is -2.01. The third-order valence-corrected chi connectivity index (χ3v) is 2.59. The van der Waals surface area contributed by atoms with Crippen LogP contribution in [-0.2, 0) is 6.42 Å². The largest absolute Gasteiger partial charge is 0.361 e. The summed E-state index contributed by atoms with van der Waals surface area (Å²) in [5.41, 5.74) is 9.39. The molecule has 0 saturated carbocycles. The molecule has 3 N–H and O–H groups in total. The third-order valence-electron chi connectivity index (χ3n) is 2.59. The van der Waals surface area contributed by atoms with Gasteiger partial charge in [0.05, 0.1) is 0 Å². The number of hydrogen-bond donors (Lipinski definition) is 2. The molecule has 0 aliphatic rings. The number of allylic oxidation sites excluding steroid dienone is 3. The van der Waals surface area contributed by atoms with Crippen molar-refractivity contribution < 1.29 is 0 Å². The Bertz CT molecular complexity index is 529. The molecule has 0 aliphatic heterocycles. The molecular formula is C18H26N2. The van der Waals surface area contributed by atoms with Crippen LogP contribution in [0.25, 0.3) is 10.9 Å². The highest BCUT2D eigenvalue weighted by Crippen LogP contribution is 2.20.